The van der Waals surface area contributed by atoms with E-state index in [0.717, 1.165) is 21.2 Å². The van der Waals surface area contributed by atoms with Gasteiger partial charge in [0.2, 0.25) is 5.91 Å². The number of esters is 1. The number of carbonyl (C=O) groups is 3. The van der Waals surface area contributed by atoms with Crippen LogP contribution in [0.1, 0.15) is 22.7 Å². The lowest BCUT2D eigenvalue weighted by atomic mass is 9.97. The molecule has 0 saturated heterocycles. The van der Waals surface area contributed by atoms with Crippen LogP contribution in [0.5, 0.6) is 0 Å². The SMILES string of the molecule is COC(=O)CN[C@H](c1ccccc1)c1cc(Br)ccc1NC(=O)CNC(=O)OCc1ccccc1. The third kappa shape index (κ3) is 8.24. The fourth-order valence-electron chi connectivity index (χ4n) is 3.32. The number of hydrogen-bond donors (Lipinski definition) is 3. The number of methoxy groups -OCH3 is 1. The van der Waals surface area contributed by atoms with Crippen LogP contribution in [0.15, 0.2) is 83.3 Å². The van der Waals surface area contributed by atoms with E-state index in [0.29, 0.717) is 5.69 Å². The Morgan fingerprint density at radius 1 is 0.914 bits per heavy atom. The fraction of sp³-hybridized carbons (Fsp3) is 0.192. The standard InChI is InChI=1S/C26H26BrN3O5/c1-34-24(32)16-28-25(19-10-6-3-7-11-19)21-14-20(27)12-13-22(21)30-23(31)15-29-26(33)35-17-18-8-4-2-5-9-18/h2-14,25,28H,15-17H2,1H3,(H,29,33)(H,30,31)/t25-/m1/s1. The van der Waals surface area contributed by atoms with Crippen LogP contribution < -0.4 is 16.0 Å². The van der Waals surface area contributed by atoms with Gasteiger partial charge in [0.05, 0.1) is 19.7 Å². The lowest BCUT2D eigenvalue weighted by molar-refractivity contribution is -0.139. The molecule has 3 aromatic rings. The Bertz CT molecular complexity index is 1140. The summed E-state index contributed by atoms with van der Waals surface area (Å²) < 4.78 is 10.7. The molecular formula is C26H26BrN3O5. The largest absolute Gasteiger partial charge is 0.468 e. The third-order valence-corrected chi connectivity index (χ3v) is 5.51. The van der Waals surface area contributed by atoms with Crippen LogP contribution in [-0.2, 0) is 25.7 Å². The highest BCUT2D eigenvalue weighted by Crippen LogP contribution is 2.31. The molecule has 0 aliphatic heterocycles. The zero-order chi connectivity index (χ0) is 25.0. The molecule has 0 fully saturated rings. The highest BCUT2D eigenvalue weighted by molar-refractivity contribution is 9.10. The second-order valence-electron chi connectivity index (χ2n) is 7.50. The lowest BCUT2D eigenvalue weighted by Crippen LogP contribution is -2.34. The van der Waals surface area contributed by atoms with Gasteiger partial charge in [-0.05, 0) is 34.9 Å². The van der Waals surface area contributed by atoms with Gasteiger partial charge in [0, 0.05) is 10.2 Å². The molecule has 2 amide bonds. The number of amides is 2. The van der Waals surface area contributed by atoms with Crippen molar-refractivity contribution in [3.05, 3.63) is 100 Å². The van der Waals surface area contributed by atoms with Gasteiger partial charge in [0.25, 0.3) is 0 Å². The summed E-state index contributed by atoms with van der Waals surface area (Å²) in [7, 11) is 1.32. The zero-order valence-corrected chi connectivity index (χ0v) is 20.7. The number of halogens is 1. The molecule has 182 valence electrons. The first-order valence-corrected chi connectivity index (χ1v) is 11.6. The molecule has 0 unspecified atom stereocenters. The van der Waals surface area contributed by atoms with Crippen molar-refractivity contribution in [3.63, 3.8) is 0 Å². The van der Waals surface area contributed by atoms with Crippen molar-refractivity contribution in [1.82, 2.24) is 10.6 Å². The first-order chi connectivity index (χ1) is 17.0. The van der Waals surface area contributed by atoms with Gasteiger partial charge in [-0.25, -0.2) is 4.79 Å². The maximum absolute atomic E-state index is 12.6. The number of benzene rings is 3. The number of nitrogens with one attached hydrogen (secondary N) is 3. The predicted molar refractivity (Wildman–Crippen MR) is 136 cm³/mol. The van der Waals surface area contributed by atoms with Gasteiger partial charge in [-0.15, -0.1) is 0 Å². The maximum Gasteiger partial charge on any atom is 0.407 e. The minimum Gasteiger partial charge on any atom is -0.468 e. The van der Waals surface area contributed by atoms with E-state index < -0.39 is 24.0 Å². The zero-order valence-electron chi connectivity index (χ0n) is 19.1. The Balaban J connectivity index is 1.68. The molecular weight excluding hydrogens is 514 g/mol. The first kappa shape index (κ1) is 25.9. The van der Waals surface area contributed by atoms with E-state index >= 15 is 0 Å². The molecule has 1 atom stereocenters. The quantitative estimate of drug-likeness (QED) is 0.334. The van der Waals surface area contributed by atoms with Gasteiger partial charge < -0.3 is 20.1 Å². The molecule has 0 radical (unpaired) electrons. The number of alkyl carbamates (subject to hydrolysis) is 1. The molecule has 0 bridgehead atoms. The van der Waals surface area contributed by atoms with E-state index in [4.69, 9.17) is 9.47 Å². The molecule has 35 heavy (non-hydrogen) atoms. The van der Waals surface area contributed by atoms with E-state index in [2.05, 4.69) is 31.9 Å². The number of carbonyl (C=O) groups excluding carboxylic acids is 3. The highest BCUT2D eigenvalue weighted by atomic mass is 79.9. The van der Waals surface area contributed by atoms with Crippen molar-refractivity contribution in [1.29, 1.82) is 0 Å². The predicted octanol–water partition coefficient (Wildman–Crippen LogP) is 4.17. The van der Waals surface area contributed by atoms with E-state index in [9.17, 15) is 14.4 Å². The van der Waals surface area contributed by atoms with Crippen LogP contribution in [-0.4, -0.2) is 38.2 Å². The van der Waals surface area contributed by atoms with Crippen molar-refractivity contribution in [2.75, 3.05) is 25.5 Å². The molecule has 8 nitrogen and oxygen atoms in total. The van der Waals surface area contributed by atoms with Crippen molar-refractivity contribution in [2.45, 2.75) is 12.6 Å². The third-order valence-electron chi connectivity index (χ3n) is 5.02. The second-order valence-corrected chi connectivity index (χ2v) is 8.41. The summed E-state index contributed by atoms with van der Waals surface area (Å²) in [5, 5.41) is 8.48. The molecule has 9 heteroatoms. The van der Waals surface area contributed by atoms with E-state index in [-0.39, 0.29) is 19.7 Å². The molecule has 0 heterocycles. The van der Waals surface area contributed by atoms with E-state index in [1.54, 1.807) is 12.1 Å². The number of ether oxygens (including phenoxy) is 2. The van der Waals surface area contributed by atoms with Crippen LogP contribution in [0, 0.1) is 0 Å². The topological polar surface area (TPSA) is 106 Å². The first-order valence-electron chi connectivity index (χ1n) is 10.8. The highest BCUT2D eigenvalue weighted by Gasteiger charge is 2.20. The monoisotopic (exact) mass is 539 g/mol. The molecule has 3 N–H and O–H groups in total. The van der Waals surface area contributed by atoms with Crippen molar-refractivity contribution >= 4 is 39.6 Å². The molecule has 0 saturated carbocycles. The summed E-state index contributed by atoms with van der Waals surface area (Å²) in [6.07, 6.45) is -0.693. The van der Waals surface area contributed by atoms with Crippen molar-refractivity contribution in [3.8, 4) is 0 Å². The summed E-state index contributed by atoms with van der Waals surface area (Å²) in [5.41, 5.74) is 3.00. The maximum atomic E-state index is 12.6. The summed E-state index contributed by atoms with van der Waals surface area (Å²) in [6.45, 7) is -0.185. The number of rotatable bonds is 10. The van der Waals surface area contributed by atoms with Gasteiger partial charge in [-0.1, -0.05) is 76.6 Å². The van der Waals surface area contributed by atoms with E-state index in [1.165, 1.54) is 7.11 Å². The lowest BCUT2D eigenvalue weighted by Gasteiger charge is -2.23. The Hall–Kier alpha value is -3.69. The van der Waals surface area contributed by atoms with Crippen molar-refractivity contribution < 1.29 is 23.9 Å². The molecule has 0 aliphatic carbocycles. The van der Waals surface area contributed by atoms with Gasteiger partial charge in [0.15, 0.2) is 0 Å². The average molecular weight is 540 g/mol. The molecule has 0 spiro atoms. The summed E-state index contributed by atoms with van der Waals surface area (Å²) in [4.78, 5) is 36.4. The minimum absolute atomic E-state index is 0.0230. The minimum atomic E-state index is -0.693. The molecule has 0 aliphatic rings. The Kier molecular flexibility index (Phi) is 9.82. The number of hydrogen-bond acceptors (Lipinski definition) is 6. The van der Waals surface area contributed by atoms with Crippen LogP contribution >= 0.6 is 15.9 Å². The summed E-state index contributed by atoms with van der Waals surface area (Å²) >= 11 is 3.48. The van der Waals surface area contributed by atoms with E-state index in [1.807, 2.05) is 66.7 Å². The van der Waals surface area contributed by atoms with Crippen LogP contribution in [0.4, 0.5) is 10.5 Å². The smallest absolute Gasteiger partial charge is 0.407 e. The summed E-state index contributed by atoms with van der Waals surface area (Å²) in [6, 6.07) is 23.8. The average Bonchev–Trinajstić information content (AvgIpc) is 2.89. The van der Waals surface area contributed by atoms with Gasteiger partial charge in [0.1, 0.15) is 13.2 Å². The van der Waals surface area contributed by atoms with Gasteiger partial charge >= 0.3 is 12.1 Å². The van der Waals surface area contributed by atoms with Crippen molar-refractivity contribution in [2.24, 2.45) is 0 Å². The molecule has 0 aromatic heterocycles. The molecule has 3 rings (SSSR count). The Morgan fingerprint density at radius 2 is 1.60 bits per heavy atom. The Labute approximate surface area is 212 Å². The Morgan fingerprint density at radius 3 is 2.29 bits per heavy atom. The summed E-state index contributed by atoms with van der Waals surface area (Å²) in [5.74, 6) is -0.838. The fourth-order valence-corrected chi connectivity index (χ4v) is 3.70. The normalized spacial score (nSPS) is 11.3. The number of anilines is 1. The van der Waals surface area contributed by atoms with Gasteiger partial charge in [-0.3, -0.25) is 14.9 Å². The van der Waals surface area contributed by atoms with Crippen LogP contribution in [0.3, 0.4) is 0 Å². The molecule has 3 aromatic carbocycles. The van der Waals surface area contributed by atoms with Crippen LogP contribution in [0.25, 0.3) is 0 Å². The van der Waals surface area contributed by atoms with Crippen LogP contribution in [0.2, 0.25) is 0 Å². The second kappa shape index (κ2) is 13.3. The van der Waals surface area contributed by atoms with Gasteiger partial charge in [-0.2, -0.15) is 0 Å².